The van der Waals surface area contributed by atoms with E-state index < -0.39 is 18.0 Å². The molecule has 0 aliphatic heterocycles. The van der Waals surface area contributed by atoms with Crippen LogP contribution in [0.2, 0.25) is 0 Å². The third kappa shape index (κ3) is 2.08. The molecule has 14 heavy (non-hydrogen) atoms. The molecule has 0 spiro atoms. The molecule has 0 heterocycles. The van der Waals surface area contributed by atoms with Gasteiger partial charge >= 0.3 is 5.97 Å². The van der Waals surface area contributed by atoms with E-state index in [0.29, 0.717) is 5.92 Å². The van der Waals surface area contributed by atoms with Crippen LogP contribution in [-0.4, -0.2) is 22.3 Å². The Bertz CT molecular complexity index is 213. The predicted octanol–water partition coefficient (Wildman–Crippen LogP) is 1.75. The van der Waals surface area contributed by atoms with Gasteiger partial charge in [-0.1, -0.05) is 20.8 Å². The molecule has 0 aromatic rings. The fourth-order valence-electron chi connectivity index (χ4n) is 2.53. The number of aliphatic hydroxyl groups is 1. The van der Waals surface area contributed by atoms with E-state index >= 15 is 0 Å². The summed E-state index contributed by atoms with van der Waals surface area (Å²) in [6.07, 6.45) is 1.19. The largest absolute Gasteiger partial charge is 0.481 e. The average Bonchev–Trinajstić information content (AvgIpc) is 2.02. The summed E-state index contributed by atoms with van der Waals surface area (Å²) in [5.74, 6) is -0.823. The van der Waals surface area contributed by atoms with Crippen molar-refractivity contribution < 1.29 is 15.0 Å². The Labute approximate surface area is 85.1 Å². The number of aliphatic hydroxyl groups excluding tert-OH is 1. The normalized spacial score (nSPS) is 38.6. The first-order valence-corrected chi connectivity index (χ1v) is 5.36. The van der Waals surface area contributed by atoms with Gasteiger partial charge in [0, 0.05) is 0 Å². The van der Waals surface area contributed by atoms with Crippen LogP contribution in [0, 0.1) is 23.7 Å². The smallest absolute Gasteiger partial charge is 0.309 e. The van der Waals surface area contributed by atoms with Crippen molar-refractivity contribution >= 4 is 5.97 Å². The number of rotatable bonds is 2. The molecule has 0 bridgehead atoms. The summed E-state index contributed by atoms with van der Waals surface area (Å²) in [6, 6.07) is 0. The van der Waals surface area contributed by atoms with E-state index in [0.717, 1.165) is 12.8 Å². The van der Waals surface area contributed by atoms with Gasteiger partial charge in [-0.25, -0.2) is 0 Å². The number of aliphatic carboxylic acids is 1. The van der Waals surface area contributed by atoms with Crippen molar-refractivity contribution in [3.05, 3.63) is 0 Å². The second-order valence-electron chi connectivity index (χ2n) is 4.82. The minimum absolute atomic E-state index is 0.0949. The Balaban J connectivity index is 2.77. The van der Waals surface area contributed by atoms with Gasteiger partial charge in [0.1, 0.15) is 0 Å². The van der Waals surface area contributed by atoms with Crippen LogP contribution in [0.25, 0.3) is 0 Å². The Morgan fingerprint density at radius 2 is 1.93 bits per heavy atom. The first-order chi connectivity index (χ1) is 6.45. The van der Waals surface area contributed by atoms with Gasteiger partial charge in [0.15, 0.2) is 0 Å². The van der Waals surface area contributed by atoms with Gasteiger partial charge in [-0.05, 0) is 30.6 Å². The molecule has 0 aromatic carbocycles. The standard InChI is InChI=1S/C11H20O3/c1-6(2)8-5-4-7(3)9(10(8)12)11(13)14/h6-10,12H,4-5H2,1-3H3,(H,13,14). The first-order valence-electron chi connectivity index (χ1n) is 5.36. The summed E-state index contributed by atoms with van der Waals surface area (Å²) in [6.45, 7) is 6.00. The Morgan fingerprint density at radius 1 is 1.36 bits per heavy atom. The van der Waals surface area contributed by atoms with Crippen LogP contribution in [0.4, 0.5) is 0 Å². The lowest BCUT2D eigenvalue weighted by Crippen LogP contribution is -2.44. The lowest BCUT2D eigenvalue weighted by atomic mass is 9.69. The number of carbonyl (C=O) groups is 1. The summed E-state index contributed by atoms with van der Waals surface area (Å²) in [4.78, 5) is 11.0. The van der Waals surface area contributed by atoms with Crippen LogP contribution in [0.15, 0.2) is 0 Å². The van der Waals surface area contributed by atoms with E-state index in [2.05, 4.69) is 0 Å². The molecule has 1 saturated carbocycles. The lowest BCUT2D eigenvalue weighted by Gasteiger charge is -2.38. The van der Waals surface area contributed by atoms with Crippen molar-refractivity contribution in [1.29, 1.82) is 0 Å². The highest BCUT2D eigenvalue weighted by Crippen LogP contribution is 2.37. The fraction of sp³-hybridized carbons (Fsp3) is 0.909. The topological polar surface area (TPSA) is 57.5 Å². The second kappa shape index (κ2) is 4.30. The molecule has 4 unspecified atom stereocenters. The summed E-state index contributed by atoms with van der Waals surface area (Å²) in [7, 11) is 0. The highest BCUT2D eigenvalue weighted by molar-refractivity contribution is 5.71. The highest BCUT2D eigenvalue weighted by atomic mass is 16.4. The van der Waals surface area contributed by atoms with Gasteiger partial charge in [-0.2, -0.15) is 0 Å². The van der Waals surface area contributed by atoms with Gasteiger partial charge in [0.2, 0.25) is 0 Å². The van der Waals surface area contributed by atoms with E-state index in [-0.39, 0.29) is 11.8 Å². The molecule has 0 aromatic heterocycles. The molecule has 82 valence electrons. The van der Waals surface area contributed by atoms with Gasteiger partial charge in [-0.3, -0.25) is 4.79 Å². The van der Waals surface area contributed by atoms with Gasteiger partial charge in [0.05, 0.1) is 12.0 Å². The van der Waals surface area contributed by atoms with E-state index in [1.807, 2.05) is 20.8 Å². The van der Waals surface area contributed by atoms with Crippen LogP contribution in [-0.2, 0) is 4.79 Å². The Morgan fingerprint density at radius 3 is 2.36 bits per heavy atom. The highest BCUT2D eigenvalue weighted by Gasteiger charge is 2.41. The van der Waals surface area contributed by atoms with Gasteiger partial charge in [0.25, 0.3) is 0 Å². The van der Waals surface area contributed by atoms with Crippen molar-refractivity contribution in [1.82, 2.24) is 0 Å². The van der Waals surface area contributed by atoms with Crippen molar-refractivity contribution in [2.45, 2.75) is 39.7 Å². The van der Waals surface area contributed by atoms with Crippen LogP contribution in [0.1, 0.15) is 33.6 Å². The molecule has 1 rings (SSSR count). The lowest BCUT2D eigenvalue weighted by molar-refractivity contribution is -0.153. The molecule has 3 heteroatoms. The summed E-state index contributed by atoms with van der Waals surface area (Å²) < 4.78 is 0. The van der Waals surface area contributed by atoms with E-state index in [1.165, 1.54) is 0 Å². The maximum atomic E-state index is 11.0. The van der Waals surface area contributed by atoms with E-state index in [1.54, 1.807) is 0 Å². The molecule has 1 fully saturated rings. The minimum Gasteiger partial charge on any atom is -0.481 e. The zero-order valence-electron chi connectivity index (χ0n) is 9.10. The number of carboxylic acids is 1. The number of hydrogen-bond acceptors (Lipinski definition) is 2. The SMILES string of the molecule is CC(C)C1CCC(C)C(C(=O)O)C1O. The third-order valence-electron chi connectivity index (χ3n) is 3.52. The molecule has 4 atom stereocenters. The molecule has 1 aliphatic carbocycles. The zero-order valence-corrected chi connectivity index (χ0v) is 9.10. The Kier molecular flexibility index (Phi) is 3.53. The average molecular weight is 200 g/mol. The summed E-state index contributed by atoms with van der Waals surface area (Å²) in [5.41, 5.74) is 0. The molecule has 0 saturated heterocycles. The molecular weight excluding hydrogens is 180 g/mol. The maximum absolute atomic E-state index is 11.0. The third-order valence-corrected chi connectivity index (χ3v) is 3.52. The minimum atomic E-state index is -0.852. The fourth-order valence-corrected chi connectivity index (χ4v) is 2.53. The summed E-state index contributed by atoms with van der Waals surface area (Å²) in [5, 5.41) is 19.0. The molecule has 0 amide bonds. The van der Waals surface area contributed by atoms with Crippen LogP contribution in [0.5, 0.6) is 0 Å². The van der Waals surface area contributed by atoms with Crippen molar-refractivity contribution in [2.24, 2.45) is 23.7 Å². The Hall–Kier alpha value is -0.570. The zero-order chi connectivity index (χ0) is 10.9. The monoisotopic (exact) mass is 200 g/mol. The number of carboxylic acid groups (broad SMARTS) is 1. The van der Waals surface area contributed by atoms with E-state index in [4.69, 9.17) is 5.11 Å². The molecule has 0 radical (unpaired) electrons. The second-order valence-corrected chi connectivity index (χ2v) is 4.82. The predicted molar refractivity (Wildman–Crippen MR) is 53.9 cm³/mol. The van der Waals surface area contributed by atoms with Crippen molar-refractivity contribution in [3.8, 4) is 0 Å². The van der Waals surface area contributed by atoms with Crippen LogP contribution >= 0.6 is 0 Å². The van der Waals surface area contributed by atoms with Gasteiger partial charge in [-0.15, -0.1) is 0 Å². The first kappa shape index (κ1) is 11.5. The maximum Gasteiger partial charge on any atom is 0.309 e. The van der Waals surface area contributed by atoms with Crippen LogP contribution < -0.4 is 0 Å². The molecule has 1 aliphatic rings. The quantitative estimate of drug-likeness (QED) is 0.714. The molecular formula is C11H20O3. The van der Waals surface area contributed by atoms with Crippen molar-refractivity contribution in [2.75, 3.05) is 0 Å². The van der Waals surface area contributed by atoms with Crippen molar-refractivity contribution in [3.63, 3.8) is 0 Å². The summed E-state index contributed by atoms with van der Waals surface area (Å²) >= 11 is 0. The number of hydrogen-bond donors (Lipinski definition) is 2. The van der Waals surface area contributed by atoms with E-state index in [9.17, 15) is 9.90 Å². The van der Waals surface area contributed by atoms with Gasteiger partial charge < -0.3 is 10.2 Å². The molecule has 2 N–H and O–H groups in total. The van der Waals surface area contributed by atoms with Crippen LogP contribution in [0.3, 0.4) is 0 Å². The molecule has 3 nitrogen and oxygen atoms in total.